The molecular formula is C11H14N2O3S. The van der Waals surface area contributed by atoms with Gasteiger partial charge in [-0.25, -0.2) is 9.59 Å². The van der Waals surface area contributed by atoms with E-state index in [4.69, 9.17) is 5.11 Å². The lowest BCUT2D eigenvalue weighted by atomic mass is 10.2. The second-order valence-electron chi connectivity index (χ2n) is 4.81. The zero-order chi connectivity index (χ0) is 12.6. The van der Waals surface area contributed by atoms with Crippen molar-refractivity contribution in [3.63, 3.8) is 0 Å². The number of thiophene rings is 1. The van der Waals surface area contributed by atoms with Crippen molar-refractivity contribution in [2.45, 2.75) is 26.3 Å². The normalized spacial score (nSPS) is 20.7. The molecule has 6 heteroatoms. The summed E-state index contributed by atoms with van der Waals surface area (Å²) in [5.74, 6) is -1.03. The van der Waals surface area contributed by atoms with Gasteiger partial charge in [0.2, 0.25) is 0 Å². The molecule has 0 aliphatic heterocycles. The average molecular weight is 254 g/mol. The molecule has 1 aliphatic rings. The van der Waals surface area contributed by atoms with Gasteiger partial charge in [-0.3, -0.25) is 5.32 Å². The summed E-state index contributed by atoms with van der Waals surface area (Å²) in [7, 11) is 0. The number of carboxylic acids is 1. The summed E-state index contributed by atoms with van der Waals surface area (Å²) in [4.78, 5) is 22.5. The summed E-state index contributed by atoms with van der Waals surface area (Å²) in [5.41, 5.74) is 0.280. The molecule has 2 rings (SSSR count). The Kier molecular flexibility index (Phi) is 2.82. The lowest BCUT2D eigenvalue weighted by Crippen LogP contribution is -2.32. The average Bonchev–Trinajstić information content (AvgIpc) is 2.62. The highest BCUT2D eigenvalue weighted by atomic mass is 32.1. The number of carboxylic acid groups (broad SMARTS) is 1. The summed E-state index contributed by atoms with van der Waals surface area (Å²) in [6, 6.07) is 1.31. The second-order valence-corrected chi connectivity index (χ2v) is 5.73. The first-order chi connectivity index (χ1) is 7.90. The van der Waals surface area contributed by atoms with Crippen molar-refractivity contribution in [1.29, 1.82) is 0 Å². The van der Waals surface area contributed by atoms with E-state index in [1.54, 1.807) is 5.38 Å². The van der Waals surface area contributed by atoms with Crippen LogP contribution < -0.4 is 10.6 Å². The first-order valence-electron chi connectivity index (χ1n) is 5.28. The minimum absolute atomic E-state index is 0.125. The van der Waals surface area contributed by atoms with Crippen molar-refractivity contribution in [3.05, 3.63) is 17.0 Å². The van der Waals surface area contributed by atoms with E-state index in [0.717, 1.165) is 6.42 Å². The second kappa shape index (κ2) is 4.03. The molecule has 1 fully saturated rings. The summed E-state index contributed by atoms with van der Waals surface area (Å²) in [5, 5.41) is 16.3. The van der Waals surface area contributed by atoms with Crippen molar-refractivity contribution in [1.82, 2.24) is 5.32 Å². The predicted octanol–water partition coefficient (Wildman–Crippen LogP) is 2.37. The van der Waals surface area contributed by atoms with Crippen molar-refractivity contribution in [2.75, 3.05) is 5.32 Å². The van der Waals surface area contributed by atoms with Crippen LogP contribution in [0, 0.1) is 5.41 Å². The van der Waals surface area contributed by atoms with Gasteiger partial charge in [-0.05, 0) is 23.3 Å². The summed E-state index contributed by atoms with van der Waals surface area (Å²) in [6.45, 7) is 4.15. The molecule has 0 saturated heterocycles. The number of carbonyl (C=O) groups excluding carboxylic acids is 1. The lowest BCUT2D eigenvalue weighted by molar-refractivity contribution is 0.0698. The quantitative estimate of drug-likeness (QED) is 0.774. The van der Waals surface area contributed by atoms with Gasteiger partial charge in [0.25, 0.3) is 0 Å². The van der Waals surface area contributed by atoms with Gasteiger partial charge in [0.15, 0.2) is 0 Å². The number of anilines is 1. The Balaban J connectivity index is 1.94. The number of aromatic carboxylic acids is 1. The SMILES string of the molecule is CC1(C)CC1NC(=O)Nc1sccc1C(=O)O. The molecule has 0 bridgehead atoms. The Labute approximate surface area is 103 Å². The van der Waals surface area contributed by atoms with Crippen LogP contribution in [0.15, 0.2) is 11.4 Å². The minimum atomic E-state index is -1.03. The van der Waals surface area contributed by atoms with Gasteiger partial charge in [0.1, 0.15) is 5.00 Å². The highest BCUT2D eigenvalue weighted by molar-refractivity contribution is 7.14. The minimum Gasteiger partial charge on any atom is -0.478 e. The molecule has 0 aromatic carbocycles. The number of nitrogens with one attached hydrogen (secondary N) is 2. The molecule has 3 N–H and O–H groups in total. The van der Waals surface area contributed by atoms with Crippen molar-refractivity contribution in [3.8, 4) is 0 Å². The smallest absolute Gasteiger partial charge is 0.338 e. The number of amides is 2. The van der Waals surface area contributed by atoms with Crippen LogP contribution in [-0.2, 0) is 0 Å². The van der Waals surface area contributed by atoms with Crippen LogP contribution in [-0.4, -0.2) is 23.1 Å². The van der Waals surface area contributed by atoms with Gasteiger partial charge in [0, 0.05) is 6.04 Å². The first-order valence-corrected chi connectivity index (χ1v) is 6.16. The zero-order valence-electron chi connectivity index (χ0n) is 9.61. The van der Waals surface area contributed by atoms with Crippen LogP contribution in [0.4, 0.5) is 9.80 Å². The number of urea groups is 1. The maximum Gasteiger partial charge on any atom is 0.338 e. The van der Waals surface area contributed by atoms with Gasteiger partial charge in [-0.2, -0.15) is 0 Å². The monoisotopic (exact) mass is 254 g/mol. The highest BCUT2D eigenvalue weighted by Crippen LogP contribution is 2.44. The van der Waals surface area contributed by atoms with E-state index in [1.807, 2.05) is 0 Å². The molecule has 0 spiro atoms. The van der Waals surface area contributed by atoms with Gasteiger partial charge in [0.05, 0.1) is 5.56 Å². The van der Waals surface area contributed by atoms with E-state index in [-0.39, 0.29) is 23.1 Å². The van der Waals surface area contributed by atoms with E-state index >= 15 is 0 Å². The largest absolute Gasteiger partial charge is 0.478 e. The number of carbonyl (C=O) groups is 2. The number of hydrogen-bond acceptors (Lipinski definition) is 3. The molecule has 5 nitrogen and oxygen atoms in total. The molecule has 92 valence electrons. The van der Waals surface area contributed by atoms with E-state index < -0.39 is 5.97 Å². The van der Waals surface area contributed by atoms with Crippen LogP contribution in [0.2, 0.25) is 0 Å². The maximum absolute atomic E-state index is 11.6. The molecule has 1 aliphatic carbocycles. The van der Waals surface area contributed by atoms with Crippen molar-refractivity contribution in [2.24, 2.45) is 5.41 Å². The molecule has 1 heterocycles. The molecular weight excluding hydrogens is 240 g/mol. The third-order valence-electron chi connectivity index (χ3n) is 2.94. The zero-order valence-corrected chi connectivity index (χ0v) is 10.4. The Morgan fingerprint density at radius 2 is 2.18 bits per heavy atom. The molecule has 1 saturated carbocycles. The van der Waals surface area contributed by atoms with Gasteiger partial charge in [-0.15, -0.1) is 11.3 Å². The Hall–Kier alpha value is -1.56. The van der Waals surface area contributed by atoms with Crippen LogP contribution in [0.1, 0.15) is 30.6 Å². The van der Waals surface area contributed by atoms with E-state index in [1.165, 1.54) is 17.4 Å². The van der Waals surface area contributed by atoms with Crippen LogP contribution in [0.25, 0.3) is 0 Å². The van der Waals surface area contributed by atoms with E-state index in [0.29, 0.717) is 5.00 Å². The predicted molar refractivity (Wildman–Crippen MR) is 65.6 cm³/mol. The topological polar surface area (TPSA) is 78.4 Å². The Morgan fingerprint density at radius 3 is 2.71 bits per heavy atom. The number of rotatable bonds is 3. The highest BCUT2D eigenvalue weighted by Gasteiger charge is 2.46. The molecule has 17 heavy (non-hydrogen) atoms. The molecule has 2 amide bonds. The van der Waals surface area contributed by atoms with Gasteiger partial charge < -0.3 is 10.4 Å². The van der Waals surface area contributed by atoms with Crippen LogP contribution >= 0.6 is 11.3 Å². The summed E-state index contributed by atoms with van der Waals surface area (Å²) < 4.78 is 0. The number of hydrogen-bond donors (Lipinski definition) is 3. The van der Waals surface area contributed by atoms with E-state index in [9.17, 15) is 9.59 Å². The molecule has 1 aromatic rings. The van der Waals surface area contributed by atoms with Gasteiger partial charge in [-0.1, -0.05) is 13.8 Å². The summed E-state index contributed by atoms with van der Waals surface area (Å²) >= 11 is 1.20. The molecule has 1 unspecified atom stereocenters. The standard InChI is InChI=1S/C11H14N2O3S/c1-11(2)5-7(11)12-10(16)13-8-6(9(14)15)3-4-17-8/h3-4,7H,5H2,1-2H3,(H,14,15)(H2,12,13,16). The third-order valence-corrected chi connectivity index (χ3v) is 3.77. The fourth-order valence-corrected chi connectivity index (χ4v) is 2.36. The van der Waals surface area contributed by atoms with Crippen LogP contribution in [0.3, 0.4) is 0 Å². The molecule has 0 radical (unpaired) electrons. The van der Waals surface area contributed by atoms with Crippen molar-refractivity contribution < 1.29 is 14.7 Å². The summed E-state index contributed by atoms with van der Waals surface area (Å²) in [6.07, 6.45) is 0.955. The molecule has 1 atom stereocenters. The van der Waals surface area contributed by atoms with E-state index in [2.05, 4.69) is 24.5 Å². The first kappa shape index (κ1) is 11.9. The Morgan fingerprint density at radius 1 is 1.53 bits per heavy atom. The molecule has 1 aromatic heterocycles. The lowest BCUT2D eigenvalue weighted by Gasteiger charge is -2.08. The van der Waals surface area contributed by atoms with Crippen molar-refractivity contribution >= 4 is 28.3 Å². The third kappa shape index (κ3) is 2.58. The van der Waals surface area contributed by atoms with Crippen LogP contribution in [0.5, 0.6) is 0 Å². The maximum atomic E-state index is 11.6. The van der Waals surface area contributed by atoms with Gasteiger partial charge >= 0.3 is 12.0 Å². The fourth-order valence-electron chi connectivity index (χ4n) is 1.59. The fraction of sp³-hybridized carbons (Fsp3) is 0.455. The Bertz CT molecular complexity index is 467.